The van der Waals surface area contributed by atoms with Crippen LogP contribution < -0.4 is 19.5 Å². The van der Waals surface area contributed by atoms with Gasteiger partial charge in [0, 0.05) is 31.4 Å². The van der Waals surface area contributed by atoms with E-state index in [1.54, 1.807) is 19.2 Å². The third-order valence-corrected chi connectivity index (χ3v) is 3.95. The van der Waals surface area contributed by atoms with Crippen LogP contribution in [0.5, 0.6) is 17.2 Å². The molecule has 0 aromatic heterocycles. The van der Waals surface area contributed by atoms with Crippen molar-refractivity contribution in [3.05, 3.63) is 48.0 Å². The number of hydrogen-bond donors (Lipinski definition) is 1. The summed E-state index contributed by atoms with van der Waals surface area (Å²) in [4.78, 5) is 26.1. The van der Waals surface area contributed by atoms with E-state index in [0.717, 1.165) is 5.56 Å². The fraction of sp³-hybridized carbons (Fsp3) is 0.300. The summed E-state index contributed by atoms with van der Waals surface area (Å²) in [5.74, 6) is 0.564. The van der Waals surface area contributed by atoms with Gasteiger partial charge in [0.05, 0.1) is 21.3 Å². The quantitative estimate of drug-likeness (QED) is 0.721. The van der Waals surface area contributed by atoms with Crippen molar-refractivity contribution in [3.8, 4) is 17.2 Å². The van der Waals surface area contributed by atoms with Gasteiger partial charge in [-0.3, -0.25) is 9.59 Å². The first-order valence-electron chi connectivity index (χ1n) is 8.36. The number of methoxy groups -OCH3 is 3. The maximum atomic E-state index is 12.3. The second kappa shape index (κ2) is 9.47. The van der Waals surface area contributed by atoms with Gasteiger partial charge in [-0.25, -0.2) is 0 Å². The van der Waals surface area contributed by atoms with E-state index in [1.165, 1.54) is 26.2 Å². The second-order valence-electron chi connectivity index (χ2n) is 5.87. The Kier molecular flexibility index (Phi) is 7.05. The van der Waals surface area contributed by atoms with Crippen molar-refractivity contribution in [2.75, 3.05) is 33.7 Å². The van der Waals surface area contributed by atoms with Crippen LogP contribution in [0.4, 0.5) is 5.69 Å². The molecule has 0 aliphatic rings. The maximum absolute atomic E-state index is 12.3. The van der Waals surface area contributed by atoms with Gasteiger partial charge in [0.1, 0.15) is 6.42 Å². The van der Waals surface area contributed by atoms with Gasteiger partial charge in [-0.05, 0) is 5.56 Å². The highest BCUT2D eigenvalue weighted by atomic mass is 16.5. The Morgan fingerprint density at radius 2 is 1.56 bits per heavy atom. The van der Waals surface area contributed by atoms with Gasteiger partial charge >= 0.3 is 0 Å². The molecule has 0 aliphatic heterocycles. The number of anilines is 1. The Morgan fingerprint density at radius 1 is 0.963 bits per heavy atom. The minimum absolute atomic E-state index is 0.264. The molecule has 0 saturated carbocycles. The van der Waals surface area contributed by atoms with Crippen molar-refractivity contribution in [3.63, 3.8) is 0 Å². The molecular weight excluding hydrogens is 348 g/mol. The zero-order chi connectivity index (χ0) is 19.8. The monoisotopic (exact) mass is 372 g/mol. The van der Waals surface area contributed by atoms with Gasteiger partial charge in [0.2, 0.25) is 17.6 Å². The highest BCUT2D eigenvalue weighted by Gasteiger charge is 2.17. The third kappa shape index (κ3) is 5.37. The average molecular weight is 372 g/mol. The molecule has 7 nitrogen and oxygen atoms in total. The highest BCUT2D eigenvalue weighted by molar-refractivity contribution is 6.03. The minimum Gasteiger partial charge on any atom is -0.493 e. The average Bonchev–Trinajstić information content (AvgIpc) is 2.67. The SMILES string of the molecule is COc1cc(NC(=O)CC(=O)N(C)Cc2ccccc2)cc(OC)c1OC. The van der Waals surface area contributed by atoms with Crippen molar-refractivity contribution >= 4 is 17.5 Å². The first-order valence-corrected chi connectivity index (χ1v) is 8.36. The van der Waals surface area contributed by atoms with Gasteiger partial charge in [-0.1, -0.05) is 30.3 Å². The van der Waals surface area contributed by atoms with Crippen molar-refractivity contribution in [2.45, 2.75) is 13.0 Å². The smallest absolute Gasteiger partial charge is 0.233 e. The number of nitrogens with one attached hydrogen (secondary N) is 1. The molecule has 0 atom stereocenters. The first kappa shape index (κ1) is 20.1. The van der Waals surface area contributed by atoms with E-state index < -0.39 is 5.91 Å². The van der Waals surface area contributed by atoms with E-state index in [4.69, 9.17) is 14.2 Å². The zero-order valence-corrected chi connectivity index (χ0v) is 15.9. The van der Waals surface area contributed by atoms with Crippen LogP contribution >= 0.6 is 0 Å². The van der Waals surface area contributed by atoms with Crippen LogP contribution in [0, 0.1) is 0 Å². The molecule has 144 valence electrons. The largest absolute Gasteiger partial charge is 0.493 e. The van der Waals surface area contributed by atoms with Gasteiger partial charge < -0.3 is 24.4 Å². The van der Waals surface area contributed by atoms with E-state index in [1.807, 2.05) is 30.3 Å². The van der Waals surface area contributed by atoms with Crippen molar-refractivity contribution in [2.24, 2.45) is 0 Å². The van der Waals surface area contributed by atoms with Crippen LogP contribution in [-0.4, -0.2) is 45.1 Å². The number of amides is 2. The number of carbonyl (C=O) groups is 2. The molecule has 1 N–H and O–H groups in total. The van der Waals surface area contributed by atoms with Crippen molar-refractivity contribution in [1.29, 1.82) is 0 Å². The summed E-state index contributed by atoms with van der Waals surface area (Å²) < 4.78 is 15.8. The molecule has 7 heteroatoms. The van der Waals surface area contributed by atoms with E-state index >= 15 is 0 Å². The van der Waals surface area contributed by atoms with Crippen LogP contribution in [0.2, 0.25) is 0 Å². The number of rotatable bonds is 8. The number of hydrogen-bond acceptors (Lipinski definition) is 5. The Bertz CT molecular complexity index is 767. The molecule has 2 rings (SSSR count). The molecule has 0 fully saturated rings. The van der Waals surface area contributed by atoms with Crippen LogP contribution in [-0.2, 0) is 16.1 Å². The molecule has 2 amide bonds. The fourth-order valence-corrected chi connectivity index (χ4v) is 2.58. The lowest BCUT2D eigenvalue weighted by molar-refractivity contribution is -0.133. The number of benzene rings is 2. The van der Waals surface area contributed by atoms with E-state index in [2.05, 4.69) is 5.32 Å². The topological polar surface area (TPSA) is 77.1 Å². The number of carbonyl (C=O) groups excluding carboxylic acids is 2. The lowest BCUT2D eigenvalue weighted by Crippen LogP contribution is -2.30. The van der Waals surface area contributed by atoms with Crippen molar-refractivity contribution in [1.82, 2.24) is 4.90 Å². The van der Waals surface area contributed by atoms with Crippen LogP contribution in [0.15, 0.2) is 42.5 Å². The summed E-state index contributed by atoms with van der Waals surface area (Å²) in [5, 5.41) is 2.69. The van der Waals surface area contributed by atoms with Gasteiger partial charge in [-0.2, -0.15) is 0 Å². The molecule has 0 bridgehead atoms. The number of nitrogens with zero attached hydrogens (tertiary/aromatic N) is 1. The standard InChI is InChI=1S/C20H24N2O5/c1-22(13-14-8-6-5-7-9-14)19(24)12-18(23)21-15-10-16(25-2)20(27-4)17(11-15)26-3/h5-11H,12-13H2,1-4H3,(H,21,23). The predicted molar refractivity (Wildman–Crippen MR) is 102 cm³/mol. The first-order chi connectivity index (χ1) is 13.0. The molecule has 0 heterocycles. The molecule has 27 heavy (non-hydrogen) atoms. The molecule has 0 radical (unpaired) electrons. The van der Waals surface area contributed by atoms with Gasteiger partial charge in [0.25, 0.3) is 0 Å². The Labute approximate surface area is 158 Å². The molecule has 0 aliphatic carbocycles. The van der Waals surface area contributed by atoms with Gasteiger partial charge in [-0.15, -0.1) is 0 Å². The van der Waals surface area contributed by atoms with Crippen LogP contribution in [0.25, 0.3) is 0 Å². The molecule has 0 saturated heterocycles. The third-order valence-electron chi connectivity index (χ3n) is 3.95. The fourth-order valence-electron chi connectivity index (χ4n) is 2.58. The maximum Gasteiger partial charge on any atom is 0.233 e. The Balaban J connectivity index is 2.01. The summed E-state index contributed by atoms with van der Waals surface area (Å²) in [6, 6.07) is 12.8. The Hall–Kier alpha value is -3.22. The summed E-state index contributed by atoms with van der Waals surface area (Å²) in [7, 11) is 6.15. The van der Waals surface area contributed by atoms with E-state index in [0.29, 0.717) is 29.5 Å². The summed E-state index contributed by atoms with van der Waals surface area (Å²) in [5.41, 5.74) is 1.45. The summed E-state index contributed by atoms with van der Waals surface area (Å²) >= 11 is 0. The second-order valence-corrected chi connectivity index (χ2v) is 5.87. The zero-order valence-electron chi connectivity index (χ0n) is 15.9. The van der Waals surface area contributed by atoms with E-state index in [9.17, 15) is 9.59 Å². The van der Waals surface area contributed by atoms with Gasteiger partial charge in [0.15, 0.2) is 11.5 Å². The summed E-state index contributed by atoms with van der Waals surface area (Å²) in [6.07, 6.45) is -0.264. The molecule has 0 unspecified atom stereocenters. The lowest BCUT2D eigenvalue weighted by Gasteiger charge is -2.18. The normalized spacial score (nSPS) is 10.1. The number of ether oxygens (including phenoxy) is 3. The summed E-state index contributed by atoms with van der Waals surface area (Å²) in [6.45, 7) is 0.442. The molecule has 2 aromatic carbocycles. The van der Waals surface area contributed by atoms with E-state index in [-0.39, 0.29) is 12.3 Å². The Morgan fingerprint density at radius 3 is 2.07 bits per heavy atom. The molecular formula is C20H24N2O5. The molecule has 2 aromatic rings. The van der Waals surface area contributed by atoms with Crippen molar-refractivity contribution < 1.29 is 23.8 Å². The highest BCUT2D eigenvalue weighted by Crippen LogP contribution is 2.39. The molecule has 0 spiro atoms. The van der Waals surface area contributed by atoms with Crippen LogP contribution in [0.3, 0.4) is 0 Å². The lowest BCUT2D eigenvalue weighted by atomic mass is 10.2. The predicted octanol–water partition coefficient (Wildman–Crippen LogP) is 2.70. The minimum atomic E-state index is -0.422. The van der Waals surface area contributed by atoms with Crippen LogP contribution in [0.1, 0.15) is 12.0 Å².